The molecule has 1 amide bonds. The Morgan fingerprint density at radius 2 is 2.09 bits per heavy atom. The van der Waals surface area contributed by atoms with Crippen LogP contribution < -0.4 is 15.8 Å². The molecule has 0 aromatic carbocycles. The second kappa shape index (κ2) is 8.83. The highest BCUT2D eigenvalue weighted by Crippen LogP contribution is 2.23. The molecule has 2 rings (SSSR count). The summed E-state index contributed by atoms with van der Waals surface area (Å²) in [5.74, 6) is -0.0166. The van der Waals surface area contributed by atoms with Gasteiger partial charge in [-0.1, -0.05) is 18.9 Å². The third-order valence-corrected chi connectivity index (χ3v) is 6.54. The van der Waals surface area contributed by atoms with Gasteiger partial charge in [-0.05, 0) is 36.8 Å². The minimum Gasteiger partial charge on any atom is -0.352 e. The number of carbonyl (C=O) groups excluding carboxylic acids is 1. The fourth-order valence-corrected chi connectivity index (χ4v) is 4.61. The van der Waals surface area contributed by atoms with E-state index in [1.807, 2.05) is 0 Å². The molecule has 1 aliphatic carbocycles. The van der Waals surface area contributed by atoms with Crippen molar-refractivity contribution in [2.45, 2.75) is 35.9 Å². The number of carbonyl (C=O) groups is 1. The predicted octanol–water partition coefficient (Wildman–Crippen LogP) is 1.08. The zero-order chi connectivity index (χ0) is 15.3. The number of nitrogens with one attached hydrogen (secondary N) is 2. The van der Waals surface area contributed by atoms with E-state index in [-0.39, 0.29) is 41.0 Å². The van der Waals surface area contributed by atoms with Crippen LogP contribution in [0.3, 0.4) is 0 Å². The van der Waals surface area contributed by atoms with E-state index in [1.165, 1.54) is 6.07 Å². The highest BCUT2D eigenvalue weighted by atomic mass is 35.5. The van der Waals surface area contributed by atoms with Gasteiger partial charge in [0.05, 0.1) is 6.54 Å². The first kappa shape index (κ1) is 19.4. The summed E-state index contributed by atoms with van der Waals surface area (Å²) in [6.45, 7) is 0.305. The molecule has 1 saturated carbocycles. The lowest BCUT2D eigenvalue weighted by Gasteiger charge is -2.31. The van der Waals surface area contributed by atoms with Crippen molar-refractivity contribution in [1.82, 2.24) is 10.0 Å². The molecule has 0 aliphatic heterocycles. The maximum atomic E-state index is 11.9. The molecule has 9 heteroatoms. The van der Waals surface area contributed by atoms with Gasteiger partial charge in [0.25, 0.3) is 10.0 Å². The number of hydrogen-bond donors (Lipinski definition) is 3. The highest BCUT2D eigenvalue weighted by molar-refractivity contribution is 7.91. The van der Waals surface area contributed by atoms with Gasteiger partial charge in [0, 0.05) is 6.04 Å². The molecular formula is C13H22ClN3O3S2. The van der Waals surface area contributed by atoms with E-state index in [9.17, 15) is 13.2 Å². The Morgan fingerprint density at radius 3 is 2.73 bits per heavy atom. The van der Waals surface area contributed by atoms with Gasteiger partial charge in [-0.3, -0.25) is 4.79 Å². The molecule has 1 aromatic heterocycles. The summed E-state index contributed by atoms with van der Waals surface area (Å²) in [4.78, 5) is 11.9. The lowest BCUT2D eigenvalue weighted by atomic mass is 9.84. The average molecular weight is 368 g/mol. The number of hydrogen-bond acceptors (Lipinski definition) is 5. The van der Waals surface area contributed by atoms with Crippen LogP contribution in [0.5, 0.6) is 0 Å². The van der Waals surface area contributed by atoms with E-state index >= 15 is 0 Å². The Hall–Kier alpha value is -0.670. The Balaban J connectivity index is 0.00000242. The highest BCUT2D eigenvalue weighted by Gasteiger charge is 2.25. The number of halogens is 1. The first-order valence-electron chi connectivity index (χ1n) is 7.05. The molecule has 126 valence electrons. The lowest BCUT2D eigenvalue weighted by Crippen LogP contribution is -2.47. The number of amides is 1. The third kappa shape index (κ3) is 5.20. The van der Waals surface area contributed by atoms with E-state index in [4.69, 9.17) is 5.73 Å². The molecule has 1 aliphatic rings. The normalized spacial score (nSPS) is 21.9. The van der Waals surface area contributed by atoms with Gasteiger partial charge in [0.2, 0.25) is 5.91 Å². The molecule has 6 nitrogen and oxygen atoms in total. The molecule has 2 unspecified atom stereocenters. The van der Waals surface area contributed by atoms with E-state index in [2.05, 4.69) is 10.0 Å². The van der Waals surface area contributed by atoms with Gasteiger partial charge in [0.15, 0.2) is 0 Å². The van der Waals surface area contributed by atoms with Crippen molar-refractivity contribution < 1.29 is 13.2 Å². The Morgan fingerprint density at radius 1 is 1.36 bits per heavy atom. The predicted molar refractivity (Wildman–Crippen MR) is 89.7 cm³/mol. The SMILES string of the molecule is Cl.NCC1CCCCC1NC(=O)CNS(=O)(=O)c1cccs1. The fourth-order valence-electron chi connectivity index (χ4n) is 2.59. The molecule has 0 bridgehead atoms. The fraction of sp³-hybridized carbons (Fsp3) is 0.615. The Labute approximate surface area is 141 Å². The summed E-state index contributed by atoms with van der Waals surface area (Å²) >= 11 is 1.12. The molecule has 1 heterocycles. The lowest BCUT2D eigenvalue weighted by molar-refractivity contribution is -0.121. The van der Waals surface area contributed by atoms with Gasteiger partial charge in [-0.15, -0.1) is 23.7 Å². The molecule has 4 N–H and O–H groups in total. The van der Waals surface area contributed by atoms with Crippen molar-refractivity contribution in [2.24, 2.45) is 11.7 Å². The van der Waals surface area contributed by atoms with Crippen LogP contribution in [0, 0.1) is 5.92 Å². The van der Waals surface area contributed by atoms with Crippen LogP contribution in [0.4, 0.5) is 0 Å². The van der Waals surface area contributed by atoms with Gasteiger partial charge in [0.1, 0.15) is 4.21 Å². The maximum Gasteiger partial charge on any atom is 0.250 e. The first-order valence-corrected chi connectivity index (χ1v) is 9.42. The molecule has 0 saturated heterocycles. The van der Waals surface area contributed by atoms with Crippen LogP contribution in [0.2, 0.25) is 0 Å². The molecule has 2 atom stereocenters. The zero-order valence-electron chi connectivity index (χ0n) is 12.2. The van der Waals surface area contributed by atoms with E-state index < -0.39 is 10.0 Å². The number of rotatable bonds is 6. The summed E-state index contributed by atoms with van der Waals surface area (Å²) in [6, 6.07) is 3.23. The van der Waals surface area contributed by atoms with Crippen molar-refractivity contribution in [3.05, 3.63) is 17.5 Å². The summed E-state index contributed by atoms with van der Waals surface area (Å²) in [5.41, 5.74) is 5.72. The monoisotopic (exact) mass is 367 g/mol. The first-order chi connectivity index (χ1) is 10.0. The largest absolute Gasteiger partial charge is 0.352 e. The summed E-state index contributed by atoms with van der Waals surface area (Å²) in [7, 11) is -3.59. The second-order valence-corrected chi connectivity index (χ2v) is 8.15. The number of nitrogens with two attached hydrogens (primary N) is 1. The van der Waals surface area contributed by atoms with Crippen LogP contribution in [0.25, 0.3) is 0 Å². The van der Waals surface area contributed by atoms with E-state index in [0.29, 0.717) is 6.54 Å². The van der Waals surface area contributed by atoms with E-state index in [1.54, 1.807) is 11.4 Å². The van der Waals surface area contributed by atoms with Crippen LogP contribution in [0.15, 0.2) is 21.7 Å². The second-order valence-electron chi connectivity index (χ2n) is 5.21. The van der Waals surface area contributed by atoms with Crippen molar-refractivity contribution in [1.29, 1.82) is 0 Å². The molecule has 0 radical (unpaired) electrons. The minimum absolute atomic E-state index is 0. The molecule has 22 heavy (non-hydrogen) atoms. The van der Waals surface area contributed by atoms with Gasteiger partial charge < -0.3 is 11.1 Å². The quantitative estimate of drug-likeness (QED) is 0.700. The van der Waals surface area contributed by atoms with Crippen molar-refractivity contribution in [2.75, 3.05) is 13.1 Å². The molecule has 1 fully saturated rings. The molecule has 0 spiro atoms. The van der Waals surface area contributed by atoms with Crippen LogP contribution in [0.1, 0.15) is 25.7 Å². The van der Waals surface area contributed by atoms with Crippen LogP contribution in [-0.2, 0) is 14.8 Å². The smallest absolute Gasteiger partial charge is 0.250 e. The van der Waals surface area contributed by atoms with E-state index in [0.717, 1.165) is 37.0 Å². The molecular weight excluding hydrogens is 346 g/mol. The minimum atomic E-state index is -3.59. The Bertz CT molecular complexity index is 563. The maximum absolute atomic E-state index is 11.9. The summed E-state index contributed by atoms with van der Waals surface area (Å²) in [6.07, 6.45) is 4.13. The van der Waals surface area contributed by atoms with Crippen molar-refractivity contribution >= 4 is 39.7 Å². The topological polar surface area (TPSA) is 101 Å². The van der Waals surface area contributed by atoms with Crippen molar-refractivity contribution in [3.8, 4) is 0 Å². The summed E-state index contributed by atoms with van der Waals surface area (Å²) < 4.78 is 26.4. The number of thiophene rings is 1. The van der Waals surface area contributed by atoms with Gasteiger partial charge in [-0.2, -0.15) is 0 Å². The molecule has 1 aromatic rings. The zero-order valence-corrected chi connectivity index (χ0v) is 14.6. The standard InChI is InChI=1S/C13H21N3O3S2.ClH/c14-8-10-4-1-2-5-11(10)16-12(17)9-15-21(18,19)13-6-3-7-20-13;/h3,6-7,10-11,15H,1-2,4-5,8-9,14H2,(H,16,17);1H. The Kier molecular flexibility index (Phi) is 7.78. The third-order valence-electron chi connectivity index (χ3n) is 3.74. The van der Waals surface area contributed by atoms with Crippen LogP contribution in [-0.4, -0.2) is 33.5 Å². The van der Waals surface area contributed by atoms with Crippen LogP contribution >= 0.6 is 23.7 Å². The van der Waals surface area contributed by atoms with Gasteiger partial charge >= 0.3 is 0 Å². The summed E-state index contributed by atoms with van der Waals surface area (Å²) in [5, 5.41) is 4.58. The van der Waals surface area contributed by atoms with Gasteiger partial charge in [-0.25, -0.2) is 13.1 Å². The average Bonchev–Trinajstić information content (AvgIpc) is 3.01. The van der Waals surface area contributed by atoms with Crippen molar-refractivity contribution in [3.63, 3.8) is 0 Å². The number of sulfonamides is 1.